The van der Waals surface area contributed by atoms with E-state index >= 15 is 0 Å². The molecule has 1 aliphatic rings. The standard InChI is InChI=1S/C17H15F3N4O/c18-17(19,20)14-7-12-15(21)24(8-22-16(12)23-14)13-6-10(25)5-9-3-1-2-4-11(9)13/h5-8H,1-4H2,(H3,21,23,25)/p+1. The van der Waals surface area contributed by atoms with Gasteiger partial charge in [0.25, 0.3) is 0 Å². The van der Waals surface area contributed by atoms with Crippen molar-refractivity contribution >= 4 is 16.9 Å². The zero-order chi connectivity index (χ0) is 17.8. The monoisotopic (exact) mass is 349 g/mol. The minimum Gasteiger partial charge on any atom is -0.508 e. The van der Waals surface area contributed by atoms with Crippen molar-refractivity contribution in [2.24, 2.45) is 0 Å². The van der Waals surface area contributed by atoms with Crippen LogP contribution in [0.1, 0.15) is 29.7 Å². The number of halogens is 3. The molecular weight excluding hydrogens is 333 g/mol. The lowest BCUT2D eigenvalue weighted by Gasteiger charge is -2.19. The molecule has 2 heterocycles. The molecule has 0 aliphatic heterocycles. The van der Waals surface area contributed by atoms with Crippen molar-refractivity contribution in [2.45, 2.75) is 31.9 Å². The van der Waals surface area contributed by atoms with Gasteiger partial charge in [0, 0.05) is 6.07 Å². The molecule has 0 saturated heterocycles. The van der Waals surface area contributed by atoms with Crippen LogP contribution in [-0.4, -0.2) is 15.1 Å². The van der Waals surface area contributed by atoms with E-state index in [4.69, 9.17) is 5.73 Å². The normalized spacial score (nSPS) is 14.7. The number of aromatic hydroxyl groups is 1. The molecule has 0 spiro atoms. The predicted octanol–water partition coefficient (Wildman–Crippen LogP) is 3.03. The number of fused-ring (bicyclic) bond motifs is 2. The average Bonchev–Trinajstić information content (AvgIpc) is 3.00. The number of alkyl halides is 3. The number of nitrogens with one attached hydrogen (secondary N) is 1. The molecule has 0 bridgehead atoms. The number of hydrogen-bond donors (Lipinski definition) is 3. The van der Waals surface area contributed by atoms with Gasteiger partial charge < -0.3 is 15.8 Å². The smallest absolute Gasteiger partial charge is 0.431 e. The van der Waals surface area contributed by atoms with Gasteiger partial charge in [0.15, 0.2) is 0 Å². The maximum atomic E-state index is 12.9. The number of rotatable bonds is 1. The van der Waals surface area contributed by atoms with Crippen LogP contribution < -0.4 is 10.3 Å². The van der Waals surface area contributed by atoms with Gasteiger partial charge in [-0.2, -0.15) is 13.2 Å². The summed E-state index contributed by atoms with van der Waals surface area (Å²) in [5, 5.41) is 10.2. The van der Waals surface area contributed by atoms with Crippen LogP contribution in [0.3, 0.4) is 0 Å². The third-order valence-corrected chi connectivity index (χ3v) is 4.63. The number of H-pyrrole nitrogens is 1. The molecule has 8 heteroatoms. The summed E-state index contributed by atoms with van der Waals surface area (Å²) in [5.74, 6) is 0.253. The van der Waals surface area contributed by atoms with Gasteiger partial charge in [0.1, 0.15) is 22.5 Å². The number of nitrogens with zero attached hydrogens (tertiary/aromatic N) is 2. The number of aryl methyl sites for hydroxylation is 1. The Labute approximate surface area is 140 Å². The third-order valence-electron chi connectivity index (χ3n) is 4.63. The molecule has 4 N–H and O–H groups in total. The molecule has 1 aliphatic carbocycles. The van der Waals surface area contributed by atoms with E-state index in [1.54, 1.807) is 16.7 Å². The predicted molar refractivity (Wildman–Crippen MR) is 85.3 cm³/mol. The summed E-state index contributed by atoms with van der Waals surface area (Å²) >= 11 is 0. The number of anilines is 1. The van der Waals surface area contributed by atoms with Gasteiger partial charge in [0.05, 0.1) is 0 Å². The fourth-order valence-corrected chi connectivity index (χ4v) is 3.44. The number of nitrogen functional groups attached to an aromatic ring is 1. The van der Waals surface area contributed by atoms with Gasteiger partial charge in [0.2, 0.25) is 17.8 Å². The minimum atomic E-state index is -4.50. The Hall–Kier alpha value is -2.77. The lowest BCUT2D eigenvalue weighted by molar-refractivity contribution is -0.582. The molecule has 2 aromatic heterocycles. The number of aromatic nitrogens is 3. The molecule has 5 nitrogen and oxygen atoms in total. The van der Waals surface area contributed by atoms with Crippen LogP contribution >= 0.6 is 0 Å². The van der Waals surface area contributed by atoms with E-state index in [9.17, 15) is 18.3 Å². The quantitative estimate of drug-likeness (QED) is 0.591. The van der Waals surface area contributed by atoms with Crippen LogP contribution in [0.15, 0.2) is 24.5 Å². The van der Waals surface area contributed by atoms with Gasteiger partial charge in [-0.1, -0.05) is 4.98 Å². The Morgan fingerprint density at radius 2 is 1.92 bits per heavy atom. The Morgan fingerprint density at radius 1 is 1.16 bits per heavy atom. The molecule has 4 rings (SSSR count). The lowest BCUT2D eigenvalue weighted by Crippen LogP contribution is -2.36. The first-order chi connectivity index (χ1) is 11.8. The van der Waals surface area contributed by atoms with E-state index in [-0.39, 0.29) is 22.6 Å². The van der Waals surface area contributed by atoms with E-state index < -0.39 is 11.9 Å². The zero-order valence-corrected chi connectivity index (χ0v) is 13.2. The molecule has 3 aromatic rings. The highest BCUT2D eigenvalue weighted by Crippen LogP contribution is 2.33. The molecule has 0 unspecified atom stereocenters. The molecule has 1 aromatic carbocycles. The van der Waals surface area contributed by atoms with Crippen molar-refractivity contribution in [3.8, 4) is 11.4 Å². The second-order valence-electron chi connectivity index (χ2n) is 6.25. The highest BCUT2D eigenvalue weighted by molar-refractivity contribution is 5.85. The number of nitrogens with two attached hydrogens (primary N) is 1. The van der Waals surface area contributed by atoms with Gasteiger partial charge in [-0.25, -0.2) is 4.57 Å². The van der Waals surface area contributed by atoms with E-state index in [0.717, 1.165) is 42.9 Å². The van der Waals surface area contributed by atoms with Crippen LogP contribution in [0.4, 0.5) is 19.0 Å². The van der Waals surface area contributed by atoms with Crippen LogP contribution in [0.2, 0.25) is 0 Å². The Balaban J connectivity index is 1.93. The fourth-order valence-electron chi connectivity index (χ4n) is 3.44. The van der Waals surface area contributed by atoms with Gasteiger partial charge in [-0.3, -0.25) is 0 Å². The van der Waals surface area contributed by atoms with Crippen molar-refractivity contribution < 1.29 is 22.8 Å². The van der Waals surface area contributed by atoms with Crippen molar-refractivity contribution in [3.63, 3.8) is 0 Å². The van der Waals surface area contributed by atoms with Crippen LogP contribution in [0.5, 0.6) is 5.75 Å². The summed E-state index contributed by atoms with van der Waals surface area (Å²) in [6, 6.07) is 4.27. The molecule has 130 valence electrons. The van der Waals surface area contributed by atoms with E-state index in [1.165, 1.54) is 6.33 Å². The summed E-state index contributed by atoms with van der Waals surface area (Å²) in [6.45, 7) is 0. The van der Waals surface area contributed by atoms with E-state index in [0.29, 0.717) is 5.69 Å². The first-order valence-corrected chi connectivity index (χ1v) is 7.96. The third kappa shape index (κ3) is 2.57. The summed E-state index contributed by atoms with van der Waals surface area (Å²) in [7, 11) is 0. The zero-order valence-electron chi connectivity index (χ0n) is 13.2. The first kappa shape index (κ1) is 15.7. The molecule has 25 heavy (non-hydrogen) atoms. The molecule has 0 amide bonds. The summed E-state index contributed by atoms with van der Waals surface area (Å²) in [6.07, 6.45) is 0.634. The summed E-state index contributed by atoms with van der Waals surface area (Å²) in [5.41, 5.74) is 8.09. The second kappa shape index (κ2) is 5.37. The van der Waals surface area contributed by atoms with Crippen LogP contribution in [-0.2, 0) is 19.0 Å². The van der Waals surface area contributed by atoms with Crippen LogP contribution in [0, 0.1) is 0 Å². The largest absolute Gasteiger partial charge is 0.508 e. The fraction of sp³-hybridized carbons (Fsp3) is 0.294. The SMILES string of the molecule is Nc1c2cc(C(F)(F)F)[nH]c2nc[n+]1-c1cc(O)cc2c1CCCC2. The van der Waals surface area contributed by atoms with Crippen molar-refractivity contribution in [1.29, 1.82) is 0 Å². The number of hydrogen-bond acceptors (Lipinski definition) is 3. The Kier molecular flexibility index (Phi) is 3.38. The van der Waals surface area contributed by atoms with Gasteiger partial charge >= 0.3 is 6.18 Å². The average molecular weight is 349 g/mol. The summed E-state index contributed by atoms with van der Waals surface area (Å²) < 4.78 is 40.3. The van der Waals surface area contributed by atoms with Crippen molar-refractivity contribution in [2.75, 3.05) is 5.73 Å². The first-order valence-electron chi connectivity index (χ1n) is 7.96. The highest BCUT2D eigenvalue weighted by Gasteiger charge is 2.34. The van der Waals surface area contributed by atoms with Crippen LogP contribution in [0.25, 0.3) is 16.7 Å². The lowest BCUT2D eigenvalue weighted by atomic mass is 9.90. The van der Waals surface area contributed by atoms with Crippen molar-refractivity contribution in [3.05, 3.63) is 41.3 Å². The topological polar surface area (TPSA) is 78.8 Å². The number of benzene rings is 1. The molecule has 0 radical (unpaired) electrons. The maximum absolute atomic E-state index is 12.9. The van der Waals surface area contributed by atoms with E-state index in [1.807, 2.05) is 0 Å². The highest BCUT2D eigenvalue weighted by atomic mass is 19.4. The minimum absolute atomic E-state index is 0.0788. The Morgan fingerprint density at radius 3 is 2.68 bits per heavy atom. The maximum Gasteiger partial charge on any atom is 0.431 e. The Bertz CT molecular complexity index is 978. The van der Waals surface area contributed by atoms with Gasteiger partial charge in [-0.15, -0.1) is 0 Å². The molecular formula is C17H16F3N4O+. The second-order valence-corrected chi connectivity index (χ2v) is 6.25. The van der Waals surface area contributed by atoms with E-state index in [2.05, 4.69) is 9.97 Å². The molecule has 0 saturated carbocycles. The number of aromatic amines is 1. The number of phenolic OH excluding ortho intramolecular Hbond substituents is 1. The molecule has 0 fully saturated rings. The summed E-state index contributed by atoms with van der Waals surface area (Å²) in [4.78, 5) is 6.33. The van der Waals surface area contributed by atoms with Gasteiger partial charge in [-0.05, 0) is 48.9 Å². The number of phenols is 1. The van der Waals surface area contributed by atoms with Crippen molar-refractivity contribution in [1.82, 2.24) is 9.97 Å². The molecule has 0 atom stereocenters.